The van der Waals surface area contributed by atoms with E-state index in [0.29, 0.717) is 11.0 Å². The van der Waals surface area contributed by atoms with E-state index in [-0.39, 0.29) is 11.1 Å². The molecule has 1 aliphatic rings. The molecule has 1 aromatic carbocycles. The number of rotatable bonds is 3. The van der Waals surface area contributed by atoms with Crippen LogP contribution in [0.15, 0.2) is 22.7 Å². The Hall–Kier alpha value is -0.750. The highest BCUT2D eigenvalue weighted by Gasteiger charge is 2.34. The van der Waals surface area contributed by atoms with Crippen LogP contribution in [0.3, 0.4) is 0 Å². The molecule has 2 N–H and O–H groups in total. The lowest BCUT2D eigenvalue weighted by atomic mass is 9.82. The summed E-state index contributed by atoms with van der Waals surface area (Å²) in [5.74, 6) is 0. The maximum Gasteiger partial charge on any atom is 0.418 e. The van der Waals surface area contributed by atoms with Gasteiger partial charge in [0.05, 0.1) is 5.56 Å². The van der Waals surface area contributed by atoms with E-state index in [0.717, 1.165) is 32.0 Å². The van der Waals surface area contributed by atoms with Crippen molar-refractivity contribution in [3.63, 3.8) is 0 Å². The van der Waals surface area contributed by atoms with Crippen molar-refractivity contribution < 1.29 is 13.2 Å². The zero-order valence-electron chi connectivity index (χ0n) is 11.3. The van der Waals surface area contributed by atoms with Crippen LogP contribution >= 0.6 is 15.9 Å². The van der Waals surface area contributed by atoms with Crippen LogP contribution < -0.4 is 10.6 Å². The van der Waals surface area contributed by atoms with Crippen molar-refractivity contribution in [1.82, 2.24) is 5.32 Å². The third kappa shape index (κ3) is 3.88. The average Bonchev–Trinajstić information content (AvgIpc) is 2.36. The molecule has 0 aliphatic carbocycles. The Balaban J connectivity index is 2.14. The van der Waals surface area contributed by atoms with Crippen LogP contribution in [0.4, 0.5) is 18.9 Å². The molecule has 6 heteroatoms. The van der Waals surface area contributed by atoms with Gasteiger partial charge in [-0.2, -0.15) is 13.2 Å². The third-order valence-corrected chi connectivity index (χ3v) is 4.17. The molecule has 0 aromatic heterocycles. The topological polar surface area (TPSA) is 24.1 Å². The maximum absolute atomic E-state index is 13.0. The first-order chi connectivity index (χ1) is 9.30. The summed E-state index contributed by atoms with van der Waals surface area (Å²) >= 11 is 3.22. The number of halogens is 4. The standard InChI is InChI=1S/C14H18BrF3N2/c1-13(5-2-6-19-8-13)9-20-12-7-10(15)3-4-11(12)14(16,17)18/h3-4,7,19-20H,2,5-6,8-9H2,1H3. The number of nitrogens with one attached hydrogen (secondary N) is 2. The molecule has 0 spiro atoms. The van der Waals surface area contributed by atoms with Crippen molar-refractivity contribution >= 4 is 21.6 Å². The minimum atomic E-state index is -4.34. The van der Waals surface area contributed by atoms with Crippen molar-refractivity contribution in [2.45, 2.75) is 25.9 Å². The number of piperidine rings is 1. The Bertz CT molecular complexity index is 468. The average molecular weight is 351 g/mol. The fourth-order valence-electron chi connectivity index (χ4n) is 2.49. The van der Waals surface area contributed by atoms with Crippen LogP contribution in [-0.4, -0.2) is 19.6 Å². The van der Waals surface area contributed by atoms with Crippen LogP contribution in [-0.2, 0) is 6.18 Å². The minimum absolute atomic E-state index is 0.0105. The molecule has 1 fully saturated rings. The molecular weight excluding hydrogens is 333 g/mol. The lowest BCUT2D eigenvalue weighted by molar-refractivity contribution is -0.137. The number of hydrogen-bond acceptors (Lipinski definition) is 2. The number of benzene rings is 1. The SMILES string of the molecule is CC1(CNc2cc(Br)ccc2C(F)(F)F)CCCNC1. The normalized spacial score (nSPS) is 23.6. The second-order valence-electron chi connectivity index (χ2n) is 5.63. The number of anilines is 1. The molecule has 0 bridgehead atoms. The van der Waals surface area contributed by atoms with Crippen LogP contribution in [0, 0.1) is 5.41 Å². The summed E-state index contributed by atoms with van der Waals surface area (Å²) in [5, 5.41) is 6.28. The molecule has 20 heavy (non-hydrogen) atoms. The van der Waals surface area contributed by atoms with Crippen LogP contribution in [0.5, 0.6) is 0 Å². The van der Waals surface area contributed by atoms with Crippen LogP contribution in [0.1, 0.15) is 25.3 Å². The fourth-order valence-corrected chi connectivity index (χ4v) is 2.85. The summed E-state index contributed by atoms with van der Waals surface area (Å²) in [4.78, 5) is 0. The van der Waals surface area contributed by atoms with Gasteiger partial charge in [0.1, 0.15) is 0 Å². The molecule has 1 aromatic rings. The van der Waals surface area contributed by atoms with Gasteiger partial charge in [-0.05, 0) is 43.0 Å². The van der Waals surface area contributed by atoms with E-state index >= 15 is 0 Å². The number of hydrogen-bond donors (Lipinski definition) is 2. The number of alkyl halides is 3. The van der Waals surface area contributed by atoms with Gasteiger partial charge < -0.3 is 10.6 Å². The zero-order valence-corrected chi connectivity index (χ0v) is 12.9. The first-order valence-corrected chi connectivity index (χ1v) is 7.41. The van der Waals surface area contributed by atoms with Gasteiger partial charge in [-0.15, -0.1) is 0 Å². The molecule has 1 unspecified atom stereocenters. The van der Waals surface area contributed by atoms with E-state index < -0.39 is 11.7 Å². The summed E-state index contributed by atoms with van der Waals surface area (Å²) in [6.45, 7) is 4.44. The summed E-state index contributed by atoms with van der Waals surface area (Å²) in [6.07, 6.45) is -2.26. The van der Waals surface area contributed by atoms with E-state index in [4.69, 9.17) is 0 Å². The van der Waals surface area contributed by atoms with Gasteiger partial charge in [0, 0.05) is 23.2 Å². The van der Waals surface area contributed by atoms with Gasteiger partial charge in [-0.25, -0.2) is 0 Å². The zero-order chi connectivity index (χ0) is 14.8. The quantitative estimate of drug-likeness (QED) is 0.850. The lowest BCUT2D eigenvalue weighted by Gasteiger charge is -2.35. The van der Waals surface area contributed by atoms with Gasteiger partial charge in [0.25, 0.3) is 0 Å². The van der Waals surface area contributed by atoms with Gasteiger partial charge in [-0.1, -0.05) is 22.9 Å². The van der Waals surface area contributed by atoms with Crippen molar-refractivity contribution in [1.29, 1.82) is 0 Å². The highest BCUT2D eigenvalue weighted by atomic mass is 79.9. The van der Waals surface area contributed by atoms with Gasteiger partial charge in [0.15, 0.2) is 0 Å². The summed E-state index contributed by atoms with van der Waals surface area (Å²) in [5.41, 5.74) is -0.490. The maximum atomic E-state index is 13.0. The first-order valence-electron chi connectivity index (χ1n) is 6.62. The Morgan fingerprint density at radius 3 is 2.75 bits per heavy atom. The molecule has 0 saturated carbocycles. The highest BCUT2D eigenvalue weighted by molar-refractivity contribution is 9.10. The first kappa shape index (κ1) is 15.6. The van der Waals surface area contributed by atoms with Crippen molar-refractivity contribution in [2.75, 3.05) is 25.0 Å². The highest BCUT2D eigenvalue weighted by Crippen LogP contribution is 2.37. The van der Waals surface area contributed by atoms with E-state index in [9.17, 15) is 13.2 Å². The Labute approximate surface area is 125 Å². The van der Waals surface area contributed by atoms with Gasteiger partial charge >= 0.3 is 6.18 Å². The predicted molar refractivity (Wildman–Crippen MR) is 77.8 cm³/mol. The largest absolute Gasteiger partial charge is 0.418 e. The third-order valence-electron chi connectivity index (χ3n) is 3.68. The molecule has 2 rings (SSSR count). The van der Waals surface area contributed by atoms with E-state index in [1.807, 2.05) is 0 Å². The molecule has 1 atom stereocenters. The molecule has 1 aliphatic heterocycles. The fraction of sp³-hybridized carbons (Fsp3) is 0.571. The van der Waals surface area contributed by atoms with E-state index in [2.05, 4.69) is 33.5 Å². The molecule has 2 nitrogen and oxygen atoms in total. The van der Waals surface area contributed by atoms with Crippen LogP contribution in [0.25, 0.3) is 0 Å². The van der Waals surface area contributed by atoms with Crippen molar-refractivity contribution in [3.05, 3.63) is 28.2 Å². The second-order valence-corrected chi connectivity index (χ2v) is 6.55. The van der Waals surface area contributed by atoms with Gasteiger partial charge in [0.2, 0.25) is 0 Å². The summed E-state index contributed by atoms with van der Waals surface area (Å²) in [6, 6.07) is 4.01. The van der Waals surface area contributed by atoms with E-state index in [1.54, 1.807) is 0 Å². The smallest absolute Gasteiger partial charge is 0.384 e. The predicted octanol–water partition coefficient (Wildman–Crippen LogP) is 4.27. The monoisotopic (exact) mass is 350 g/mol. The lowest BCUT2D eigenvalue weighted by Crippen LogP contribution is -2.42. The molecule has 112 valence electrons. The molecule has 0 radical (unpaired) electrons. The van der Waals surface area contributed by atoms with Crippen molar-refractivity contribution in [3.8, 4) is 0 Å². The molecule has 1 heterocycles. The Morgan fingerprint density at radius 1 is 1.40 bits per heavy atom. The Kier molecular flexibility index (Phi) is 4.64. The molecular formula is C14H18BrF3N2. The van der Waals surface area contributed by atoms with Gasteiger partial charge in [-0.3, -0.25) is 0 Å². The molecule has 1 saturated heterocycles. The minimum Gasteiger partial charge on any atom is -0.384 e. The Morgan fingerprint density at radius 2 is 2.15 bits per heavy atom. The van der Waals surface area contributed by atoms with E-state index in [1.165, 1.54) is 12.1 Å². The molecule has 0 amide bonds. The van der Waals surface area contributed by atoms with Crippen molar-refractivity contribution in [2.24, 2.45) is 5.41 Å². The summed E-state index contributed by atoms with van der Waals surface area (Å²) in [7, 11) is 0. The summed E-state index contributed by atoms with van der Waals surface area (Å²) < 4.78 is 39.6. The van der Waals surface area contributed by atoms with Crippen LogP contribution in [0.2, 0.25) is 0 Å². The second kappa shape index (κ2) is 5.93.